The molecule has 2 heteroatoms. The maximum absolute atomic E-state index is 5.77. The molecule has 1 aromatic carbocycles. The lowest BCUT2D eigenvalue weighted by atomic mass is 10.0. The Hall–Kier alpha value is -1.18. The van der Waals surface area contributed by atoms with E-state index in [4.69, 9.17) is 5.73 Å². The lowest BCUT2D eigenvalue weighted by molar-refractivity contribution is 0.564. The molecular weight excluding hydrogens is 196 g/mol. The lowest BCUT2D eigenvalue weighted by Crippen LogP contribution is -2.19. The van der Waals surface area contributed by atoms with Crippen LogP contribution in [0.2, 0.25) is 0 Å². The highest BCUT2D eigenvalue weighted by molar-refractivity contribution is 5.54. The third-order valence-corrected chi connectivity index (χ3v) is 2.80. The van der Waals surface area contributed by atoms with Crippen molar-refractivity contribution in [2.75, 3.05) is 11.1 Å². The van der Waals surface area contributed by atoms with E-state index in [-0.39, 0.29) is 0 Å². The van der Waals surface area contributed by atoms with Crippen LogP contribution in [0.15, 0.2) is 24.3 Å². The molecule has 1 rings (SSSR count). The molecule has 1 unspecified atom stereocenters. The number of unbranched alkanes of at least 4 members (excludes halogenated alkanes) is 1. The molecule has 0 aliphatic rings. The van der Waals surface area contributed by atoms with Crippen LogP contribution in [0.5, 0.6) is 0 Å². The Balaban J connectivity index is 2.52. The van der Waals surface area contributed by atoms with Crippen molar-refractivity contribution in [3.63, 3.8) is 0 Å². The van der Waals surface area contributed by atoms with Crippen molar-refractivity contribution in [3.05, 3.63) is 24.3 Å². The number of nitrogens with one attached hydrogen (secondary N) is 1. The van der Waals surface area contributed by atoms with Crippen LogP contribution in [0.4, 0.5) is 11.4 Å². The number of nitrogen functional groups attached to an aromatic ring is 1. The van der Waals surface area contributed by atoms with Gasteiger partial charge in [-0.15, -0.1) is 0 Å². The summed E-state index contributed by atoms with van der Waals surface area (Å²) in [5.74, 6) is 0. The van der Waals surface area contributed by atoms with Crippen LogP contribution < -0.4 is 11.1 Å². The van der Waals surface area contributed by atoms with E-state index in [1.165, 1.54) is 32.1 Å². The van der Waals surface area contributed by atoms with Crippen molar-refractivity contribution in [2.24, 2.45) is 0 Å². The number of benzene rings is 1. The van der Waals surface area contributed by atoms with Crippen LogP contribution in [0.3, 0.4) is 0 Å². The maximum Gasteiger partial charge on any atom is 0.0362 e. The fraction of sp³-hybridized carbons (Fsp3) is 0.571. The summed E-state index contributed by atoms with van der Waals surface area (Å²) in [5, 5.41) is 3.58. The van der Waals surface area contributed by atoms with E-state index in [1.54, 1.807) is 0 Å². The fourth-order valence-electron chi connectivity index (χ4n) is 1.95. The van der Waals surface area contributed by atoms with Gasteiger partial charge < -0.3 is 11.1 Å². The van der Waals surface area contributed by atoms with Crippen molar-refractivity contribution in [1.29, 1.82) is 0 Å². The molecule has 0 spiro atoms. The Kier molecular flexibility index (Phi) is 5.76. The second-order valence-electron chi connectivity index (χ2n) is 4.40. The summed E-state index contributed by atoms with van der Waals surface area (Å²) in [5.41, 5.74) is 7.75. The first kappa shape index (κ1) is 12.9. The molecule has 0 aliphatic carbocycles. The molecule has 1 atom stereocenters. The minimum atomic E-state index is 0.590. The van der Waals surface area contributed by atoms with Crippen molar-refractivity contribution in [2.45, 2.75) is 52.0 Å². The van der Waals surface area contributed by atoms with Crippen molar-refractivity contribution >= 4 is 11.4 Å². The van der Waals surface area contributed by atoms with Crippen LogP contribution in [0.25, 0.3) is 0 Å². The van der Waals surface area contributed by atoms with Gasteiger partial charge in [-0.1, -0.05) is 39.2 Å². The summed E-state index contributed by atoms with van der Waals surface area (Å²) < 4.78 is 0. The second-order valence-corrected chi connectivity index (χ2v) is 4.40. The minimum absolute atomic E-state index is 0.590. The van der Waals surface area contributed by atoms with Gasteiger partial charge in [0.2, 0.25) is 0 Å². The molecule has 0 heterocycles. The van der Waals surface area contributed by atoms with E-state index in [0.717, 1.165) is 11.4 Å². The van der Waals surface area contributed by atoms with Gasteiger partial charge in [-0.25, -0.2) is 0 Å². The van der Waals surface area contributed by atoms with E-state index in [9.17, 15) is 0 Å². The fourth-order valence-corrected chi connectivity index (χ4v) is 1.95. The monoisotopic (exact) mass is 220 g/mol. The molecule has 0 saturated heterocycles. The largest absolute Gasteiger partial charge is 0.399 e. The Labute approximate surface area is 99.2 Å². The van der Waals surface area contributed by atoms with Gasteiger partial charge in [0.15, 0.2) is 0 Å². The van der Waals surface area contributed by atoms with Gasteiger partial charge in [-0.3, -0.25) is 0 Å². The molecule has 0 fully saturated rings. The molecule has 16 heavy (non-hydrogen) atoms. The number of nitrogens with two attached hydrogens (primary N) is 1. The third-order valence-electron chi connectivity index (χ3n) is 2.80. The van der Waals surface area contributed by atoms with Gasteiger partial charge in [0.1, 0.15) is 0 Å². The summed E-state index contributed by atoms with van der Waals surface area (Å²) in [6.07, 6.45) is 6.26. The second kappa shape index (κ2) is 7.15. The molecule has 0 saturated carbocycles. The van der Waals surface area contributed by atoms with E-state index < -0.39 is 0 Å². The highest BCUT2D eigenvalue weighted by atomic mass is 14.9. The van der Waals surface area contributed by atoms with Gasteiger partial charge >= 0.3 is 0 Å². The topological polar surface area (TPSA) is 38.0 Å². The Bertz CT molecular complexity index is 297. The van der Waals surface area contributed by atoms with Crippen LogP contribution >= 0.6 is 0 Å². The SMILES string of the molecule is CCCCC(CCC)Nc1cccc(N)c1. The summed E-state index contributed by atoms with van der Waals surface area (Å²) in [4.78, 5) is 0. The predicted molar refractivity (Wildman–Crippen MR) is 72.7 cm³/mol. The van der Waals surface area contributed by atoms with Crippen molar-refractivity contribution in [3.8, 4) is 0 Å². The minimum Gasteiger partial charge on any atom is -0.399 e. The van der Waals surface area contributed by atoms with E-state index in [0.29, 0.717) is 6.04 Å². The van der Waals surface area contributed by atoms with E-state index in [2.05, 4.69) is 25.2 Å². The van der Waals surface area contributed by atoms with Crippen molar-refractivity contribution < 1.29 is 0 Å². The average Bonchev–Trinajstić information content (AvgIpc) is 2.26. The lowest BCUT2D eigenvalue weighted by Gasteiger charge is -2.19. The molecular formula is C14H24N2. The average molecular weight is 220 g/mol. The third kappa shape index (κ3) is 4.56. The zero-order chi connectivity index (χ0) is 11.8. The molecule has 2 nitrogen and oxygen atoms in total. The molecule has 0 aliphatic heterocycles. The van der Waals surface area contributed by atoms with Gasteiger partial charge in [0.25, 0.3) is 0 Å². The summed E-state index contributed by atoms with van der Waals surface area (Å²) in [7, 11) is 0. The molecule has 0 radical (unpaired) electrons. The first-order valence-electron chi connectivity index (χ1n) is 6.38. The van der Waals surface area contributed by atoms with E-state index in [1.807, 2.05) is 18.2 Å². The van der Waals surface area contributed by atoms with Gasteiger partial charge in [0.05, 0.1) is 0 Å². The van der Waals surface area contributed by atoms with Crippen LogP contribution in [0, 0.1) is 0 Å². The van der Waals surface area contributed by atoms with Gasteiger partial charge in [-0.2, -0.15) is 0 Å². The number of hydrogen-bond donors (Lipinski definition) is 2. The Morgan fingerprint density at radius 2 is 2.00 bits per heavy atom. The first-order valence-corrected chi connectivity index (χ1v) is 6.38. The summed E-state index contributed by atoms with van der Waals surface area (Å²) in [6.45, 7) is 4.48. The van der Waals surface area contributed by atoms with Crippen molar-refractivity contribution in [1.82, 2.24) is 0 Å². The number of anilines is 2. The molecule has 1 aromatic rings. The highest BCUT2D eigenvalue weighted by Gasteiger charge is 2.06. The Morgan fingerprint density at radius 1 is 1.19 bits per heavy atom. The summed E-state index contributed by atoms with van der Waals surface area (Å²) in [6, 6.07) is 8.61. The number of rotatable bonds is 7. The molecule has 0 amide bonds. The van der Waals surface area contributed by atoms with E-state index >= 15 is 0 Å². The van der Waals surface area contributed by atoms with Crippen LogP contribution in [-0.4, -0.2) is 6.04 Å². The number of hydrogen-bond acceptors (Lipinski definition) is 2. The summed E-state index contributed by atoms with van der Waals surface area (Å²) >= 11 is 0. The zero-order valence-corrected chi connectivity index (χ0v) is 10.5. The molecule has 0 bridgehead atoms. The van der Waals surface area contributed by atoms with Crippen LogP contribution in [0.1, 0.15) is 46.0 Å². The molecule has 0 aromatic heterocycles. The predicted octanol–water partition coefficient (Wildman–Crippen LogP) is 4.04. The highest BCUT2D eigenvalue weighted by Crippen LogP contribution is 2.17. The standard InChI is InChI=1S/C14H24N2/c1-3-5-9-13(7-4-2)16-14-10-6-8-12(15)11-14/h6,8,10-11,13,16H,3-5,7,9,15H2,1-2H3. The Morgan fingerprint density at radius 3 is 2.62 bits per heavy atom. The normalized spacial score (nSPS) is 12.4. The molecule has 90 valence electrons. The van der Waals surface area contributed by atoms with Crippen LogP contribution in [-0.2, 0) is 0 Å². The quantitative estimate of drug-likeness (QED) is 0.681. The van der Waals surface area contributed by atoms with Gasteiger partial charge in [-0.05, 0) is 31.0 Å². The molecule has 3 N–H and O–H groups in total. The smallest absolute Gasteiger partial charge is 0.0362 e. The maximum atomic E-state index is 5.77. The first-order chi connectivity index (χ1) is 7.76. The van der Waals surface area contributed by atoms with Gasteiger partial charge in [0, 0.05) is 17.4 Å². The zero-order valence-electron chi connectivity index (χ0n) is 10.5.